The highest BCUT2D eigenvalue weighted by atomic mass is 32.2. The number of nitrogens with one attached hydrogen (secondary N) is 1. The van der Waals surface area contributed by atoms with Crippen molar-refractivity contribution in [1.29, 1.82) is 0 Å². The van der Waals surface area contributed by atoms with Crippen molar-refractivity contribution < 1.29 is 22.7 Å². The number of primary amides is 1. The summed E-state index contributed by atoms with van der Waals surface area (Å²) in [7, 11) is -3.39. The van der Waals surface area contributed by atoms with Crippen molar-refractivity contribution >= 4 is 44.7 Å². The molecule has 1 unspecified atom stereocenters. The molecule has 3 N–H and O–H groups in total. The second kappa shape index (κ2) is 12.0. The predicted octanol–water partition coefficient (Wildman–Crippen LogP) is 3.94. The van der Waals surface area contributed by atoms with Crippen LogP contribution in [0.2, 0.25) is 0 Å². The fraction of sp³-hybridized carbons (Fsp3) is 0.545. The SMILES string of the molecule is CC(C)(C)C(CCC[C@H](OC(N)=O)C(=O)N(Cc1cccs1)Cc1cccs1)NS(C)(=O)=O. The highest BCUT2D eigenvalue weighted by Crippen LogP contribution is 2.25. The van der Waals surface area contributed by atoms with E-state index >= 15 is 0 Å². The number of hydrogen-bond donors (Lipinski definition) is 2. The Labute approximate surface area is 204 Å². The Bertz CT molecular complexity index is 947. The Hall–Kier alpha value is -1.95. The maximum atomic E-state index is 13.4. The molecule has 11 heteroatoms. The minimum Gasteiger partial charge on any atom is -0.436 e. The van der Waals surface area contributed by atoms with Crippen LogP contribution in [0.5, 0.6) is 0 Å². The smallest absolute Gasteiger partial charge is 0.405 e. The normalized spacial score (nSPS) is 13.9. The Morgan fingerprint density at radius 2 is 1.64 bits per heavy atom. The highest BCUT2D eigenvalue weighted by molar-refractivity contribution is 7.88. The van der Waals surface area contributed by atoms with Crippen LogP contribution in [0.3, 0.4) is 0 Å². The minimum absolute atomic E-state index is 0.241. The van der Waals surface area contributed by atoms with E-state index in [0.29, 0.717) is 25.9 Å². The van der Waals surface area contributed by atoms with Gasteiger partial charge in [0.05, 0.1) is 19.3 Å². The monoisotopic (exact) mass is 515 g/mol. The lowest BCUT2D eigenvalue weighted by Crippen LogP contribution is -2.44. The first-order valence-corrected chi connectivity index (χ1v) is 14.3. The average molecular weight is 516 g/mol. The van der Waals surface area contributed by atoms with Crippen LogP contribution in [0.15, 0.2) is 35.0 Å². The lowest BCUT2D eigenvalue weighted by molar-refractivity contribution is -0.141. The molecule has 8 nitrogen and oxygen atoms in total. The third-order valence-electron chi connectivity index (χ3n) is 5.06. The molecule has 0 aliphatic heterocycles. The van der Waals surface area contributed by atoms with E-state index in [-0.39, 0.29) is 23.8 Å². The van der Waals surface area contributed by atoms with Crippen LogP contribution in [-0.2, 0) is 32.6 Å². The van der Waals surface area contributed by atoms with Crippen LogP contribution in [0, 0.1) is 5.41 Å². The van der Waals surface area contributed by atoms with Crippen molar-refractivity contribution in [3.05, 3.63) is 44.8 Å². The number of carbonyl (C=O) groups excluding carboxylic acids is 2. The van der Waals surface area contributed by atoms with Gasteiger partial charge in [0.1, 0.15) is 0 Å². The number of rotatable bonds is 12. The largest absolute Gasteiger partial charge is 0.436 e. The number of amides is 2. The van der Waals surface area contributed by atoms with Crippen LogP contribution >= 0.6 is 22.7 Å². The lowest BCUT2D eigenvalue weighted by atomic mass is 9.84. The van der Waals surface area contributed by atoms with E-state index in [1.54, 1.807) is 27.6 Å². The Morgan fingerprint density at radius 1 is 1.09 bits per heavy atom. The molecule has 184 valence electrons. The second-order valence-corrected chi connectivity index (χ2v) is 12.9. The molecule has 2 amide bonds. The third kappa shape index (κ3) is 9.83. The van der Waals surface area contributed by atoms with Crippen molar-refractivity contribution in [1.82, 2.24) is 9.62 Å². The molecule has 2 rings (SSSR count). The highest BCUT2D eigenvalue weighted by Gasteiger charge is 2.31. The fourth-order valence-corrected chi connectivity index (χ4v) is 5.83. The molecule has 2 atom stereocenters. The number of carbonyl (C=O) groups is 2. The van der Waals surface area contributed by atoms with Gasteiger partial charge in [0, 0.05) is 15.8 Å². The zero-order valence-electron chi connectivity index (χ0n) is 19.4. The molecule has 2 aromatic rings. The number of nitrogens with zero attached hydrogens (tertiary/aromatic N) is 1. The molecule has 0 radical (unpaired) electrons. The zero-order valence-corrected chi connectivity index (χ0v) is 21.9. The molecule has 33 heavy (non-hydrogen) atoms. The summed E-state index contributed by atoms with van der Waals surface area (Å²) in [5.41, 5.74) is 4.95. The molecule has 0 fully saturated rings. The minimum atomic E-state index is -3.39. The number of hydrogen-bond acceptors (Lipinski definition) is 7. The molecular weight excluding hydrogens is 482 g/mol. The average Bonchev–Trinajstić information content (AvgIpc) is 3.37. The summed E-state index contributed by atoms with van der Waals surface area (Å²) in [5, 5.41) is 3.89. The fourth-order valence-electron chi connectivity index (χ4n) is 3.40. The van der Waals surface area contributed by atoms with E-state index in [1.165, 1.54) is 0 Å². The molecule has 2 heterocycles. The van der Waals surface area contributed by atoms with E-state index in [0.717, 1.165) is 16.0 Å². The maximum Gasteiger partial charge on any atom is 0.405 e. The van der Waals surface area contributed by atoms with Crippen molar-refractivity contribution in [2.24, 2.45) is 11.1 Å². The number of thiophene rings is 2. The van der Waals surface area contributed by atoms with Gasteiger partial charge in [-0.2, -0.15) is 0 Å². The summed E-state index contributed by atoms with van der Waals surface area (Å²) in [4.78, 5) is 28.7. The number of sulfonamides is 1. The lowest BCUT2D eigenvalue weighted by Gasteiger charge is -2.31. The van der Waals surface area contributed by atoms with Gasteiger partial charge in [-0.1, -0.05) is 32.9 Å². The molecule has 0 aliphatic rings. The first-order valence-electron chi connectivity index (χ1n) is 10.6. The summed E-state index contributed by atoms with van der Waals surface area (Å²) in [6, 6.07) is 7.42. The van der Waals surface area contributed by atoms with Gasteiger partial charge in [-0.05, 0) is 47.6 Å². The summed E-state index contributed by atoms with van der Waals surface area (Å²) in [6.45, 7) is 6.63. The molecule has 0 aliphatic carbocycles. The first-order chi connectivity index (χ1) is 15.3. The van der Waals surface area contributed by atoms with E-state index in [1.807, 2.05) is 55.8 Å². The van der Waals surface area contributed by atoms with Gasteiger partial charge in [0.2, 0.25) is 10.0 Å². The van der Waals surface area contributed by atoms with Gasteiger partial charge in [-0.25, -0.2) is 17.9 Å². The number of ether oxygens (including phenoxy) is 1. The Balaban J connectivity index is 2.14. The van der Waals surface area contributed by atoms with Crippen LogP contribution in [0.25, 0.3) is 0 Å². The summed E-state index contributed by atoms with van der Waals surface area (Å²) < 4.78 is 31.4. The standard InChI is InChI=1S/C22H33N3O5S3/c1-22(2,3)19(24-33(4,28)29)11-5-10-18(30-21(23)27)20(26)25(14-16-8-6-12-31-16)15-17-9-7-13-32-17/h6-9,12-13,18-19,24H,5,10-11,14-15H2,1-4H3,(H2,23,27)/t18-,19?/m0/s1. The van der Waals surface area contributed by atoms with E-state index in [9.17, 15) is 18.0 Å². The van der Waals surface area contributed by atoms with Gasteiger partial charge in [0.25, 0.3) is 5.91 Å². The van der Waals surface area contributed by atoms with Gasteiger partial charge in [-0.15, -0.1) is 22.7 Å². The van der Waals surface area contributed by atoms with E-state index in [2.05, 4.69) is 4.72 Å². The molecule has 0 aromatic carbocycles. The number of nitrogens with two attached hydrogens (primary N) is 1. The van der Waals surface area contributed by atoms with Crippen molar-refractivity contribution in [2.75, 3.05) is 6.26 Å². The third-order valence-corrected chi connectivity index (χ3v) is 7.49. The topological polar surface area (TPSA) is 119 Å². The Morgan fingerprint density at radius 3 is 2.03 bits per heavy atom. The molecule has 0 saturated carbocycles. The van der Waals surface area contributed by atoms with Gasteiger partial charge < -0.3 is 15.4 Å². The van der Waals surface area contributed by atoms with Crippen molar-refractivity contribution in [2.45, 2.75) is 65.3 Å². The van der Waals surface area contributed by atoms with Crippen molar-refractivity contribution in [3.63, 3.8) is 0 Å². The molecule has 2 aromatic heterocycles. The first kappa shape index (κ1) is 27.3. The van der Waals surface area contributed by atoms with E-state index in [4.69, 9.17) is 10.5 Å². The summed E-state index contributed by atoms with van der Waals surface area (Å²) >= 11 is 3.10. The summed E-state index contributed by atoms with van der Waals surface area (Å²) in [5.74, 6) is -0.320. The molecule has 0 saturated heterocycles. The predicted molar refractivity (Wildman–Crippen MR) is 132 cm³/mol. The second-order valence-electron chi connectivity index (χ2n) is 9.02. The maximum absolute atomic E-state index is 13.4. The van der Waals surface area contributed by atoms with Crippen LogP contribution in [-0.4, -0.2) is 43.7 Å². The van der Waals surface area contributed by atoms with Gasteiger partial charge in [0.15, 0.2) is 6.10 Å². The Kier molecular flexibility index (Phi) is 9.89. The molecule has 0 spiro atoms. The van der Waals surface area contributed by atoms with Crippen molar-refractivity contribution in [3.8, 4) is 0 Å². The van der Waals surface area contributed by atoms with Gasteiger partial charge in [-0.3, -0.25) is 4.79 Å². The van der Waals surface area contributed by atoms with Crippen LogP contribution in [0.4, 0.5) is 4.79 Å². The zero-order chi connectivity index (χ0) is 24.6. The molecule has 0 bridgehead atoms. The molecular formula is C22H33N3O5S3. The van der Waals surface area contributed by atoms with Gasteiger partial charge >= 0.3 is 6.09 Å². The van der Waals surface area contributed by atoms with Crippen LogP contribution in [0.1, 0.15) is 49.8 Å². The van der Waals surface area contributed by atoms with Crippen LogP contribution < -0.4 is 10.5 Å². The quantitative estimate of drug-likeness (QED) is 0.444. The van der Waals surface area contributed by atoms with E-state index < -0.39 is 22.2 Å². The summed E-state index contributed by atoms with van der Waals surface area (Å²) in [6.07, 6.45) is 0.272.